The second-order valence-corrected chi connectivity index (χ2v) is 6.05. The molecule has 1 N–H and O–H groups in total. The van der Waals surface area contributed by atoms with E-state index >= 15 is 0 Å². The van der Waals surface area contributed by atoms with Gasteiger partial charge in [0.15, 0.2) is 17.3 Å². The second kappa shape index (κ2) is 7.87. The quantitative estimate of drug-likeness (QED) is 0.635. The van der Waals surface area contributed by atoms with Crippen molar-refractivity contribution in [2.45, 2.75) is 19.8 Å². The normalized spacial score (nSPS) is 14.2. The fourth-order valence-corrected chi connectivity index (χ4v) is 2.90. The summed E-state index contributed by atoms with van der Waals surface area (Å²) >= 11 is 0. The van der Waals surface area contributed by atoms with E-state index in [0.29, 0.717) is 24.3 Å². The molecule has 0 radical (unpaired) electrons. The van der Waals surface area contributed by atoms with Crippen molar-refractivity contribution >= 4 is 23.5 Å². The summed E-state index contributed by atoms with van der Waals surface area (Å²) in [5.74, 6) is 0.459. The number of benzene rings is 2. The van der Waals surface area contributed by atoms with Crippen LogP contribution < -0.4 is 9.64 Å². The highest BCUT2D eigenvalue weighted by Crippen LogP contribution is 2.27. The largest absolute Gasteiger partial charge is 0.504 e. The number of ether oxygens (including phenoxy) is 1. The van der Waals surface area contributed by atoms with E-state index < -0.39 is 0 Å². The van der Waals surface area contributed by atoms with Gasteiger partial charge in [0.25, 0.3) is 0 Å². The van der Waals surface area contributed by atoms with E-state index in [1.807, 2.05) is 6.92 Å². The van der Waals surface area contributed by atoms with Crippen molar-refractivity contribution in [1.29, 1.82) is 0 Å². The zero-order valence-corrected chi connectivity index (χ0v) is 14.6. The smallest absolute Gasteiger partial charge is 0.227 e. The lowest BCUT2D eigenvalue weighted by molar-refractivity contribution is -0.117. The molecule has 1 aliphatic rings. The van der Waals surface area contributed by atoms with Crippen LogP contribution in [0, 0.1) is 0 Å². The molecule has 0 saturated carbocycles. The minimum absolute atomic E-state index is 0.0716. The zero-order valence-electron chi connectivity index (χ0n) is 14.6. The molecule has 5 nitrogen and oxygen atoms in total. The van der Waals surface area contributed by atoms with Crippen LogP contribution in [0.5, 0.6) is 11.5 Å². The van der Waals surface area contributed by atoms with Gasteiger partial charge in [-0.15, -0.1) is 0 Å². The van der Waals surface area contributed by atoms with Crippen LogP contribution in [0.3, 0.4) is 0 Å². The van der Waals surface area contributed by atoms with Crippen LogP contribution in [0.4, 0.5) is 5.69 Å². The highest BCUT2D eigenvalue weighted by atomic mass is 16.5. The number of hydrogen-bond acceptors (Lipinski definition) is 4. The molecule has 1 heterocycles. The highest BCUT2D eigenvalue weighted by Gasteiger charge is 2.21. The molecule has 0 unspecified atom stereocenters. The van der Waals surface area contributed by atoms with Crippen LogP contribution in [0.1, 0.15) is 35.7 Å². The summed E-state index contributed by atoms with van der Waals surface area (Å²) in [6.07, 6.45) is 4.62. The van der Waals surface area contributed by atoms with Crippen molar-refractivity contribution < 1.29 is 19.4 Å². The van der Waals surface area contributed by atoms with Gasteiger partial charge in [0.1, 0.15) is 0 Å². The van der Waals surface area contributed by atoms with Crippen molar-refractivity contribution in [2.75, 3.05) is 18.1 Å². The Kier molecular flexibility index (Phi) is 5.37. The van der Waals surface area contributed by atoms with E-state index in [2.05, 4.69) is 0 Å². The first-order chi connectivity index (χ1) is 12.6. The molecule has 0 aromatic heterocycles. The topological polar surface area (TPSA) is 66.8 Å². The predicted octanol–water partition coefficient (Wildman–Crippen LogP) is 3.81. The molecule has 0 spiro atoms. The van der Waals surface area contributed by atoms with Crippen LogP contribution in [-0.2, 0) is 4.79 Å². The molecule has 2 aromatic rings. The molecule has 1 saturated heterocycles. The van der Waals surface area contributed by atoms with Gasteiger partial charge in [0.2, 0.25) is 5.91 Å². The lowest BCUT2D eigenvalue weighted by atomic mass is 10.1. The number of phenolic OH excluding ortho intramolecular Hbond substituents is 1. The third kappa shape index (κ3) is 3.94. The number of carbonyl (C=O) groups excluding carboxylic acids is 2. The van der Waals surface area contributed by atoms with E-state index in [1.165, 1.54) is 12.1 Å². The first-order valence-corrected chi connectivity index (χ1v) is 8.67. The Morgan fingerprint density at radius 3 is 2.65 bits per heavy atom. The van der Waals surface area contributed by atoms with Gasteiger partial charge in [-0.25, -0.2) is 0 Å². The van der Waals surface area contributed by atoms with Gasteiger partial charge in [0.05, 0.1) is 6.61 Å². The molecule has 2 aromatic carbocycles. The van der Waals surface area contributed by atoms with Gasteiger partial charge < -0.3 is 14.7 Å². The summed E-state index contributed by atoms with van der Waals surface area (Å²) in [5.41, 5.74) is 2.15. The number of amides is 1. The highest BCUT2D eigenvalue weighted by molar-refractivity contribution is 6.07. The maximum atomic E-state index is 12.3. The number of allylic oxidation sites excluding steroid dienone is 1. The summed E-state index contributed by atoms with van der Waals surface area (Å²) < 4.78 is 5.34. The third-order valence-electron chi connectivity index (χ3n) is 4.25. The first-order valence-electron chi connectivity index (χ1n) is 8.67. The molecule has 1 fully saturated rings. The Hall–Kier alpha value is -3.08. The molecule has 134 valence electrons. The fourth-order valence-electron chi connectivity index (χ4n) is 2.90. The molecule has 5 heteroatoms. The number of hydrogen-bond donors (Lipinski definition) is 1. The summed E-state index contributed by atoms with van der Waals surface area (Å²) in [5, 5.41) is 9.71. The summed E-state index contributed by atoms with van der Waals surface area (Å²) in [6, 6.07) is 12.0. The first kappa shape index (κ1) is 17.7. The lowest BCUT2D eigenvalue weighted by Gasteiger charge is -2.15. The maximum absolute atomic E-state index is 12.3. The van der Waals surface area contributed by atoms with Gasteiger partial charge in [0, 0.05) is 24.2 Å². The summed E-state index contributed by atoms with van der Waals surface area (Å²) in [6.45, 7) is 3.02. The Labute approximate surface area is 152 Å². The predicted molar refractivity (Wildman–Crippen MR) is 101 cm³/mol. The number of anilines is 1. The maximum Gasteiger partial charge on any atom is 0.227 e. The van der Waals surface area contributed by atoms with E-state index in [0.717, 1.165) is 24.2 Å². The van der Waals surface area contributed by atoms with E-state index in [-0.39, 0.29) is 17.4 Å². The van der Waals surface area contributed by atoms with E-state index in [4.69, 9.17) is 4.74 Å². The summed E-state index contributed by atoms with van der Waals surface area (Å²) in [7, 11) is 0. The Morgan fingerprint density at radius 2 is 2.00 bits per heavy atom. The average Bonchev–Trinajstić information content (AvgIpc) is 3.08. The third-order valence-corrected chi connectivity index (χ3v) is 4.25. The van der Waals surface area contributed by atoms with Crippen molar-refractivity contribution in [1.82, 2.24) is 0 Å². The Morgan fingerprint density at radius 1 is 1.23 bits per heavy atom. The number of ketones is 1. The molecule has 1 amide bonds. The molecule has 0 bridgehead atoms. The van der Waals surface area contributed by atoms with Gasteiger partial charge in [-0.05, 0) is 61.4 Å². The van der Waals surface area contributed by atoms with Gasteiger partial charge in [-0.2, -0.15) is 0 Å². The SMILES string of the molecule is CCOc1cc(C=CC(=O)c2ccc(N3CCCC3=O)cc2)ccc1O. The van der Waals surface area contributed by atoms with Crippen molar-refractivity contribution in [2.24, 2.45) is 0 Å². The molecular formula is C21H21NO4. The van der Waals surface area contributed by atoms with Gasteiger partial charge >= 0.3 is 0 Å². The number of phenols is 1. The van der Waals surface area contributed by atoms with E-state index in [9.17, 15) is 14.7 Å². The molecule has 0 atom stereocenters. The average molecular weight is 351 g/mol. The van der Waals surface area contributed by atoms with E-state index in [1.54, 1.807) is 47.4 Å². The van der Waals surface area contributed by atoms with Crippen molar-refractivity contribution in [3.63, 3.8) is 0 Å². The van der Waals surface area contributed by atoms with Crippen LogP contribution >= 0.6 is 0 Å². The second-order valence-electron chi connectivity index (χ2n) is 6.05. The monoisotopic (exact) mass is 351 g/mol. The number of nitrogens with zero attached hydrogens (tertiary/aromatic N) is 1. The molecule has 26 heavy (non-hydrogen) atoms. The minimum Gasteiger partial charge on any atom is -0.504 e. The number of carbonyl (C=O) groups is 2. The zero-order chi connectivity index (χ0) is 18.5. The van der Waals surface area contributed by atoms with Crippen molar-refractivity contribution in [3.8, 4) is 11.5 Å². The molecular weight excluding hydrogens is 330 g/mol. The minimum atomic E-state index is -0.129. The Bertz CT molecular complexity index is 840. The molecule has 1 aliphatic heterocycles. The fraction of sp³-hybridized carbons (Fsp3) is 0.238. The lowest BCUT2D eigenvalue weighted by Crippen LogP contribution is -2.23. The standard InChI is InChI=1S/C21H21NO4/c1-2-26-20-14-15(6-12-19(20)24)5-11-18(23)16-7-9-17(10-8-16)22-13-3-4-21(22)25/h5-12,14,24H,2-4,13H2,1H3. The van der Waals surface area contributed by atoms with Crippen LogP contribution in [0.25, 0.3) is 6.08 Å². The summed E-state index contributed by atoms with van der Waals surface area (Å²) in [4.78, 5) is 25.9. The van der Waals surface area contributed by atoms with Gasteiger partial charge in [-0.1, -0.05) is 12.1 Å². The number of aromatic hydroxyl groups is 1. The van der Waals surface area contributed by atoms with Crippen LogP contribution in [0.15, 0.2) is 48.5 Å². The molecule has 3 rings (SSSR count). The van der Waals surface area contributed by atoms with Crippen LogP contribution in [-0.4, -0.2) is 29.9 Å². The number of rotatable bonds is 6. The van der Waals surface area contributed by atoms with Crippen LogP contribution in [0.2, 0.25) is 0 Å². The van der Waals surface area contributed by atoms with Gasteiger partial charge in [-0.3, -0.25) is 9.59 Å². The van der Waals surface area contributed by atoms with Crippen molar-refractivity contribution in [3.05, 3.63) is 59.7 Å². The molecule has 0 aliphatic carbocycles. The Balaban J connectivity index is 1.70.